The zero-order chi connectivity index (χ0) is 17.1. The normalized spacial score (nSPS) is 24.8. The monoisotopic (exact) mass is 335 g/mol. The lowest BCUT2D eigenvalue weighted by Crippen LogP contribution is -2.46. The molecule has 1 saturated carbocycles. The van der Waals surface area contributed by atoms with Crippen molar-refractivity contribution in [2.75, 3.05) is 19.6 Å². The highest BCUT2D eigenvalue weighted by Crippen LogP contribution is 2.38. The molecule has 3 N–H and O–H groups in total. The highest BCUT2D eigenvalue weighted by Gasteiger charge is 2.40. The second kappa shape index (κ2) is 7.07. The average molecular weight is 335 g/mol. The minimum atomic E-state index is -4.42. The highest BCUT2D eigenvalue weighted by atomic mass is 19.4. The summed E-state index contributed by atoms with van der Waals surface area (Å²) in [6.07, 6.45) is 1.02. The molecule has 1 unspecified atom stereocenters. The van der Waals surface area contributed by atoms with E-state index in [2.05, 4.69) is 5.32 Å². The third kappa shape index (κ3) is 4.83. The smallest absolute Gasteiger partial charge is 0.344 e. The molecule has 1 aliphatic carbocycles. The summed E-state index contributed by atoms with van der Waals surface area (Å²) in [6, 6.07) is -0.844. The Labute approximate surface area is 133 Å². The maximum absolute atomic E-state index is 12.4. The number of hydrogen-bond acceptors (Lipinski definition) is 3. The number of amides is 2. The van der Waals surface area contributed by atoms with Crippen molar-refractivity contribution in [3.63, 3.8) is 0 Å². The standard InChI is InChI=1S/C15H24F3N3O2/c16-15(17,18)10-21-7-4-11(13(21)23)20-12(22)8-14(9-19)5-2-1-3-6-14/h11H,1-10,19H2,(H,20,22). The van der Waals surface area contributed by atoms with E-state index in [0.29, 0.717) is 6.54 Å². The summed E-state index contributed by atoms with van der Waals surface area (Å²) >= 11 is 0. The van der Waals surface area contributed by atoms with Crippen molar-refractivity contribution < 1.29 is 22.8 Å². The first kappa shape index (κ1) is 18.0. The van der Waals surface area contributed by atoms with Gasteiger partial charge in [0.25, 0.3) is 0 Å². The van der Waals surface area contributed by atoms with Crippen LogP contribution in [0.4, 0.5) is 13.2 Å². The zero-order valence-electron chi connectivity index (χ0n) is 13.1. The number of nitrogens with zero attached hydrogens (tertiary/aromatic N) is 1. The number of alkyl halides is 3. The van der Waals surface area contributed by atoms with E-state index in [-0.39, 0.29) is 30.7 Å². The summed E-state index contributed by atoms with van der Waals surface area (Å²) in [5.41, 5.74) is 5.61. The van der Waals surface area contributed by atoms with E-state index in [9.17, 15) is 22.8 Å². The molecule has 1 atom stereocenters. The van der Waals surface area contributed by atoms with Gasteiger partial charge in [0, 0.05) is 13.0 Å². The van der Waals surface area contributed by atoms with Crippen LogP contribution in [0.3, 0.4) is 0 Å². The number of halogens is 3. The van der Waals surface area contributed by atoms with Gasteiger partial charge in [0.1, 0.15) is 12.6 Å². The summed E-state index contributed by atoms with van der Waals surface area (Å²) in [7, 11) is 0. The molecule has 1 saturated heterocycles. The van der Waals surface area contributed by atoms with Crippen molar-refractivity contribution in [2.45, 2.75) is 57.2 Å². The Morgan fingerprint density at radius 1 is 1.30 bits per heavy atom. The van der Waals surface area contributed by atoms with Crippen LogP contribution in [-0.4, -0.2) is 48.6 Å². The third-order valence-corrected chi connectivity index (χ3v) is 4.89. The van der Waals surface area contributed by atoms with E-state index in [1.54, 1.807) is 0 Å². The topological polar surface area (TPSA) is 75.4 Å². The summed E-state index contributed by atoms with van der Waals surface area (Å²) in [5, 5.41) is 2.60. The fourth-order valence-corrected chi connectivity index (χ4v) is 3.59. The summed E-state index contributed by atoms with van der Waals surface area (Å²) in [5.74, 6) is -0.939. The van der Waals surface area contributed by atoms with Crippen LogP contribution in [0.1, 0.15) is 44.9 Å². The number of hydrogen-bond donors (Lipinski definition) is 2. The van der Waals surface area contributed by atoms with Gasteiger partial charge in [0.15, 0.2) is 0 Å². The predicted molar refractivity (Wildman–Crippen MR) is 78.4 cm³/mol. The Hall–Kier alpha value is -1.31. The molecule has 2 fully saturated rings. The Kier molecular flexibility index (Phi) is 5.54. The van der Waals surface area contributed by atoms with Crippen LogP contribution in [0.2, 0.25) is 0 Å². The summed E-state index contributed by atoms with van der Waals surface area (Å²) in [4.78, 5) is 24.9. The maximum Gasteiger partial charge on any atom is 0.406 e. The molecule has 8 heteroatoms. The lowest BCUT2D eigenvalue weighted by Gasteiger charge is -2.35. The second-order valence-corrected chi connectivity index (χ2v) is 6.73. The van der Waals surface area contributed by atoms with Crippen molar-refractivity contribution >= 4 is 11.8 Å². The largest absolute Gasteiger partial charge is 0.406 e. The number of carbonyl (C=O) groups is 2. The number of nitrogens with one attached hydrogen (secondary N) is 1. The van der Waals surface area contributed by atoms with Crippen molar-refractivity contribution in [3.05, 3.63) is 0 Å². The first-order valence-corrected chi connectivity index (χ1v) is 8.10. The SMILES string of the molecule is NCC1(CC(=O)NC2CCN(CC(F)(F)F)C2=O)CCCCC1. The van der Waals surface area contributed by atoms with E-state index in [1.807, 2.05) is 0 Å². The quantitative estimate of drug-likeness (QED) is 0.801. The molecule has 0 radical (unpaired) electrons. The molecule has 0 bridgehead atoms. The first-order chi connectivity index (χ1) is 10.7. The van der Waals surface area contributed by atoms with Crippen LogP contribution in [0.5, 0.6) is 0 Å². The van der Waals surface area contributed by atoms with Gasteiger partial charge in [-0.3, -0.25) is 9.59 Å². The molecule has 2 aliphatic rings. The second-order valence-electron chi connectivity index (χ2n) is 6.73. The van der Waals surface area contributed by atoms with Gasteiger partial charge < -0.3 is 16.0 Å². The third-order valence-electron chi connectivity index (χ3n) is 4.89. The van der Waals surface area contributed by atoms with Crippen molar-refractivity contribution in [3.8, 4) is 0 Å². The maximum atomic E-state index is 12.4. The van der Waals surface area contributed by atoms with Gasteiger partial charge in [-0.1, -0.05) is 19.3 Å². The Morgan fingerprint density at radius 3 is 2.52 bits per heavy atom. The van der Waals surface area contributed by atoms with Gasteiger partial charge in [0.2, 0.25) is 11.8 Å². The first-order valence-electron chi connectivity index (χ1n) is 8.10. The van der Waals surface area contributed by atoms with Gasteiger partial charge in [0.05, 0.1) is 0 Å². The van der Waals surface area contributed by atoms with Crippen LogP contribution in [0.15, 0.2) is 0 Å². The van der Waals surface area contributed by atoms with Gasteiger partial charge in [-0.2, -0.15) is 13.2 Å². The molecule has 2 rings (SSSR count). The molecule has 132 valence electrons. The lowest BCUT2D eigenvalue weighted by molar-refractivity contribution is -0.158. The Bertz CT molecular complexity index is 448. The molecule has 0 aromatic heterocycles. The summed E-state index contributed by atoms with van der Waals surface area (Å²) < 4.78 is 37.1. The molecular formula is C15H24F3N3O2. The van der Waals surface area contributed by atoms with E-state index in [1.165, 1.54) is 0 Å². The van der Waals surface area contributed by atoms with Crippen LogP contribution < -0.4 is 11.1 Å². The minimum Gasteiger partial charge on any atom is -0.344 e. The number of likely N-dealkylation sites (tertiary alicyclic amines) is 1. The van der Waals surface area contributed by atoms with Gasteiger partial charge in [-0.25, -0.2) is 0 Å². The number of nitrogens with two attached hydrogens (primary N) is 1. The van der Waals surface area contributed by atoms with Gasteiger partial charge in [-0.05, 0) is 31.2 Å². The van der Waals surface area contributed by atoms with E-state index >= 15 is 0 Å². The number of rotatable bonds is 5. The van der Waals surface area contributed by atoms with Crippen LogP contribution in [0.25, 0.3) is 0 Å². The van der Waals surface area contributed by atoms with Crippen LogP contribution in [-0.2, 0) is 9.59 Å². The zero-order valence-corrected chi connectivity index (χ0v) is 13.1. The fraction of sp³-hybridized carbons (Fsp3) is 0.867. The highest BCUT2D eigenvalue weighted by molar-refractivity contribution is 5.89. The molecule has 0 aromatic rings. The molecule has 5 nitrogen and oxygen atoms in total. The van der Waals surface area contributed by atoms with Crippen molar-refractivity contribution in [1.29, 1.82) is 0 Å². The van der Waals surface area contributed by atoms with Gasteiger partial charge >= 0.3 is 6.18 Å². The number of carbonyl (C=O) groups excluding carboxylic acids is 2. The lowest BCUT2D eigenvalue weighted by atomic mass is 9.71. The molecule has 2 amide bonds. The predicted octanol–water partition coefficient (Wildman–Crippen LogP) is 1.57. The van der Waals surface area contributed by atoms with Crippen LogP contribution >= 0.6 is 0 Å². The van der Waals surface area contributed by atoms with E-state index < -0.39 is 24.7 Å². The van der Waals surface area contributed by atoms with Gasteiger partial charge in [-0.15, -0.1) is 0 Å². The van der Waals surface area contributed by atoms with Crippen molar-refractivity contribution in [1.82, 2.24) is 10.2 Å². The minimum absolute atomic E-state index is 0.0192. The molecule has 1 aliphatic heterocycles. The van der Waals surface area contributed by atoms with Crippen molar-refractivity contribution in [2.24, 2.45) is 11.1 Å². The molecule has 0 aromatic carbocycles. The van der Waals surface area contributed by atoms with E-state index in [0.717, 1.165) is 37.0 Å². The molecule has 0 spiro atoms. The average Bonchev–Trinajstić information content (AvgIpc) is 2.79. The Morgan fingerprint density at radius 2 is 1.96 bits per heavy atom. The fourth-order valence-electron chi connectivity index (χ4n) is 3.59. The molecule has 1 heterocycles. The van der Waals surface area contributed by atoms with E-state index in [4.69, 9.17) is 5.73 Å². The Balaban J connectivity index is 1.87. The summed E-state index contributed by atoms with van der Waals surface area (Å²) in [6.45, 7) is -0.824. The molecule has 23 heavy (non-hydrogen) atoms. The molecular weight excluding hydrogens is 311 g/mol. The van der Waals surface area contributed by atoms with Crippen LogP contribution in [0, 0.1) is 5.41 Å².